The van der Waals surface area contributed by atoms with Crippen LogP contribution in [0.25, 0.3) is 0 Å². The van der Waals surface area contributed by atoms with E-state index < -0.39 is 0 Å². The lowest BCUT2D eigenvalue weighted by molar-refractivity contribution is 0.231. The Morgan fingerprint density at radius 3 is 2.65 bits per heavy atom. The highest BCUT2D eigenvalue weighted by Crippen LogP contribution is 2.39. The van der Waals surface area contributed by atoms with E-state index >= 15 is 0 Å². The molecule has 0 aliphatic heterocycles. The average Bonchev–Trinajstić information content (AvgIpc) is 2.45. The van der Waals surface area contributed by atoms with Crippen LogP contribution in [0.3, 0.4) is 0 Å². The smallest absolute Gasteiger partial charge is 0.137 e. The lowest BCUT2D eigenvalue weighted by atomic mass is 9.77. The highest BCUT2D eigenvalue weighted by molar-refractivity contribution is 9.10. The Morgan fingerprint density at radius 2 is 2.00 bits per heavy atom. The maximum absolute atomic E-state index is 13.8. The van der Waals surface area contributed by atoms with Crippen LogP contribution in [-0.2, 0) is 0 Å². The lowest BCUT2D eigenvalue weighted by Crippen LogP contribution is -2.31. The van der Waals surface area contributed by atoms with E-state index in [1.54, 1.807) is 0 Å². The van der Waals surface area contributed by atoms with Crippen LogP contribution in [0, 0.1) is 17.7 Å². The van der Waals surface area contributed by atoms with Gasteiger partial charge in [0.25, 0.3) is 0 Å². The predicted octanol–water partition coefficient (Wildman–Crippen LogP) is 5.46. The van der Waals surface area contributed by atoms with Crippen molar-refractivity contribution < 1.29 is 4.39 Å². The van der Waals surface area contributed by atoms with Crippen molar-refractivity contribution in [1.29, 1.82) is 0 Å². The molecule has 0 spiro atoms. The zero-order chi connectivity index (χ0) is 14.5. The molecule has 20 heavy (non-hydrogen) atoms. The van der Waals surface area contributed by atoms with Crippen molar-refractivity contribution in [2.45, 2.75) is 52.0 Å². The van der Waals surface area contributed by atoms with Gasteiger partial charge in [-0.15, -0.1) is 0 Å². The van der Waals surface area contributed by atoms with Gasteiger partial charge in [0.15, 0.2) is 0 Å². The average molecular weight is 342 g/mol. The molecular formula is C17H25BrFN. The van der Waals surface area contributed by atoms with Gasteiger partial charge in [0.05, 0.1) is 4.47 Å². The van der Waals surface area contributed by atoms with Crippen molar-refractivity contribution in [1.82, 2.24) is 5.32 Å². The molecule has 1 N–H and O–H groups in total. The summed E-state index contributed by atoms with van der Waals surface area (Å²) in [6.07, 6.45) is 6.17. The molecular weight excluding hydrogens is 317 g/mol. The van der Waals surface area contributed by atoms with Crippen LogP contribution in [0.5, 0.6) is 0 Å². The molecule has 1 fully saturated rings. The molecule has 1 aromatic rings. The quantitative estimate of drug-likeness (QED) is 0.750. The van der Waals surface area contributed by atoms with Crippen LogP contribution < -0.4 is 5.32 Å². The largest absolute Gasteiger partial charge is 0.310 e. The summed E-state index contributed by atoms with van der Waals surface area (Å²) < 4.78 is 14.4. The van der Waals surface area contributed by atoms with Crippen LogP contribution in [0.1, 0.15) is 57.6 Å². The Labute approximate surface area is 130 Å². The lowest BCUT2D eigenvalue weighted by Gasteiger charge is -2.34. The fraction of sp³-hybridized carbons (Fsp3) is 0.647. The first-order valence-corrected chi connectivity index (χ1v) is 8.60. The van der Waals surface area contributed by atoms with E-state index in [9.17, 15) is 4.39 Å². The molecule has 1 saturated carbocycles. The van der Waals surface area contributed by atoms with Gasteiger partial charge in [0.2, 0.25) is 0 Å². The second kappa shape index (κ2) is 7.56. The van der Waals surface area contributed by atoms with Crippen molar-refractivity contribution in [3.63, 3.8) is 0 Å². The summed E-state index contributed by atoms with van der Waals surface area (Å²) >= 11 is 3.44. The zero-order valence-corrected chi connectivity index (χ0v) is 14.0. The SMILES string of the molecule is CCCNC(c1cccc(F)c1Br)C1CCC(C)CC1. The molecule has 0 heterocycles. The molecule has 1 aliphatic carbocycles. The molecule has 0 radical (unpaired) electrons. The molecule has 0 aromatic heterocycles. The highest BCUT2D eigenvalue weighted by atomic mass is 79.9. The standard InChI is InChI=1S/C17H25BrFN/c1-3-11-20-17(13-9-7-12(2)8-10-13)14-5-4-6-15(19)16(14)18/h4-6,12-13,17,20H,3,7-11H2,1-2H3. The Hall–Kier alpha value is -0.410. The first-order valence-electron chi connectivity index (χ1n) is 7.80. The van der Waals surface area contributed by atoms with Gasteiger partial charge in [0, 0.05) is 6.04 Å². The van der Waals surface area contributed by atoms with E-state index in [0.717, 1.165) is 24.4 Å². The molecule has 1 aromatic carbocycles. The van der Waals surface area contributed by atoms with Crippen LogP contribution in [0.4, 0.5) is 4.39 Å². The van der Waals surface area contributed by atoms with E-state index in [-0.39, 0.29) is 11.9 Å². The summed E-state index contributed by atoms with van der Waals surface area (Å²) in [5.41, 5.74) is 1.08. The normalized spacial score (nSPS) is 24.6. The van der Waals surface area contributed by atoms with Crippen molar-refractivity contribution in [2.24, 2.45) is 11.8 Å². The first-order chi connectivity index (χ1) is 9.63. The fourth-order valence-corrected chi connectivity index (χ4v) is 3.72. The Kier molecular flexibility index (Phi) is 6.03. The summed E-state index contributed by atoms with van der Waals surface area (Å²) in [5, 5.41) is 3.64. The molecule has 0 bridgehead atoms. The Morgan fingerprint density at radius 1 is 1.30 bits per heavy atom. The molecule has 1 atom stereocenters. The summed E-state index contributed by atoms with van der Waals surface area (Å²) in [6, 6.07) is 5.67. The fourth-order valence-electron chi connectivity index (χ4n) is 3.21. The van der Waals surface area contributed by atoms with E-state index in [1.807, 2.05) is 6.07 Å². The molecule has 1 nitrogen and oxygen atoms in total. The third kappa shape index (κ3) is 3.82. The van der Waals surface area contributed by atoms with Crippen molar-refractivity contribution >= 4 is 15.9 Å². The number of nitrogens with one attached hydrogen (secondary N) is 1. The van der Waals surface area contributed by atoms with Gasteiger partial charge in [-0.1, -0.05) is 38.8 Å². The van der Waals surface area contributed by atoms with E-state index in [0.29, 0.717) is 10.4 Å². The molecule has 1 aliphatic rings. The Balaban J connectivity index is 2.20. The number of rotatable bonds is 5. The molecule has 3 heteroatoms. The van der Waals surface area contributed by atoms with Crippen LogP contribution in [0.15, 0.2) is 22.7 Å². The minimum Gasteiger partial charge on any atom is -0.310 e. The van der Waals surface area contributed by atoms with Gasteiger partial charge in [-0.3, -0.25) is 0 Å². The summed E-state index contributed by atoms with van der Waals surface area (Å²) in [7, 11) is 0. The number of hydrogen-bond donors (Lipinski definition) is 1. The van der Waals surface area contributed by atoms with Gasteiger partial charge >= 0.3 is 0 Å². The van der Waals surface area contributed by atoms with Gasteiger partial charge in [-0.2, -0.15) is 0 Å². The van der Waals surface area contributed by atoms with Gasteiger partial charge in [-0.25, -0.2) is 4.39 Å². The molecule has 1 unspecified atom stereocenters. The topological polar surface area (TPSA) is 12.0 Å². The van der Waals surface area contributed by atoms with Gasteiger partial charge in [0.1, 0.15) is 5.82 Å². The van der Waals surface area contributed by atoms with Crippen LogP contribution >= 0.6 is 15.9 Å². The number of benzene rings is 1. The maximum Gasteiger partial charge on any atom is 0.137 e. The third-order valence-electron chi connectivity index (χ3n) is 4.46. The molecule has 112 valence electrons. The van der Waals surface area contributed by atoms with E-state index in [4.69, 9.17) is 0 Å². The van der Waals surface area contributed by atoms with Gasteiger partial charge in [-0.05, 0) is 65.2 Å². The molecule has 0 amide bonds. The second-order valence-electron chi connectivity index (χ2n) is 6.09. The van der Waals surface area contributed by atoms with Crippen molar-refractivity contribution in [2.75, 3.05) is 6.54 Å². The highest BCUT2D eigenvalue weighted by Gasteiger charge is 2.28. The molecule has 0 saturated heterocycles. The third-order valence-corrected chi connectivity index (χ3v) is 5.30. The van der Waals surface area contributed by atoms with Crippen LogP contribution in [-0.4, -0.2) is 6.54 Å². The van der Waals surface area contributed by atoms with E-state index in [2.05, 4.69) is 41.2 Å². The first kappa shape index (κ1) is 16.0. The summed E-state index contributed by atoms with van der Waals surface area (Å²) in [6.45, 7) is 5.50. The second-order valence-corrected chi connectivity index (χ2v) is 6.89. The number of hydrogen-bond acceptors (Lipinski definition) is 1. The number of halogens is 2. The molecule has 2 rings (SSSR count). The minimum absolute atomic E-state index is 0.157. The predicted molar refractivity (Wildman–Crippen MR) is 86.3 cm³/mol. The zero-order valence-electron chi connectivity index (χ0n) is 12.5. The van der Waals surface area contributed by atoms with Crippen LogP contribution in [0.2, 0.25) is 0 Å². The summed E-state index contributed by atoms with van der Waals surface area (Å²) in [4.78, 5) is 0. The summed E-state index contributed by atoms with van der Waals surface area (Å²) in [5.74, 6) is 1.31. The minimum atomic E-state index is -0.157. The van der Waals surface area contributed by atoms with Gasteiger partial charge < -0.3 is 5.32 Å². The van der Waals surface area contributed by atoms with Crippen molar-refractivity contribution in [3.8, 4) is 0 Å². The monoisotopic (exact) mass is 341 g/mol. The van der Waals surface area contributed by atoms with Crippen molar-refractivity contribution in [3.05, 3.63) is 34.1 Å². The Bertz CT molecular complexity index is 427. The maximum atomic E-state index is 13.8. The van der Waals surface area contributed by atoms with E-state index in [1.165, 1.54) is 31.7 Å².